The summed E-state index contributed by atoms with van der Waals surface area (Å²) in [5, 5.41) is 0. The lowest BCUT2D eigenvalue weighted by Gasteiger charge is -2.39. The van der Waals surface area contributed by atoms with Crippen LogP contribution in [0.2, 0.25) is 0 Å². The Kier molecular flexibility index (Phi) is 4.57. The molecule has 1 heterocycles. The molecule has 1 aliphatic heterocycles. The van der Waals surface area contributed by atoms with Crippen molar-refractivity contribution in [3.8, 4) is 0 Å². The average molecular weight is 238 g/mol. The van der Waals surface area contributed by atoms with E-state index in [-0.39, 0.29) is 0 Å². The van der Waals surface area contributed by atoms with Gasteiger partial charge in [0.05, 0.1) is 0 Å². The summed E-state index contributed by atoms with van der Waals surface area (Å²) in [5.74, 6) is 1.34. The third-order valence-electron chi connectivity index (χ3n) is 4.25. The van der Waals surface area contributed by atoms with Gasteiger partial charge in [0.2, 0.25) is 0 Å². The maximum Gasteiger partial charge on any atom is 0.134 e. The summed E-state index contributed by atoms with van der Waals surface area (Å²) < 4.78 is 0. The van der Waals surface area contributed by atoms with Crippen LogP contribution in [0.3, 0.4) is 0 Å². The van der Waals surface area contributed by atoms with Crippen LogP contribution in [0.1, 0.15) is 38.5 Å². The first-order chi connectivity index (χ1) is 8.15. The number of piperidine rings is 1. The minimum absolute atomic E-state index is 0.483. The Morgan fingerprint density at radius 2 is 1.94 bits per heavy atom. The van der Waals surface area contributed by atoms with Gasteiger partial charge >= 0.3 is 0 Å². The van der Waals surface area contributed by atoms with E-state index in [2.05, 4.69) is 23.9 Å². The van der Waals surface area contributed by atoms with Crippen LogP contribution in [-0.2, 0) is 4.79 Å². The van der Waals surface area contributed by atoms with Gasteiger partial charge in [-0.1, -0.05) is 0 Å². The molecule has 0 N–H and O–H groups in total. The highest BCUT2D eigenvalue weighted by molar-refractivity contribution is 5.79. The highest BCUT2D eigenvalue weighted by Gasteiger charge is 2.28. The van der Waals surface area contributed by atoms with E-state index < -0.39 is 0 Å². The summed E-state index contributed by atoms with van der Waals surface area (Å²) in [7, 11) is 4.32. The van der Waals surface area contributed by atoms with Crippen molar-refractivity contribution in [3.63, 3.8) is 0 Å². The van der Waals surface area contributed by atoms with Gasteiger partial charge in [-0.3, -0.25) is 9.69 Å². The summed E-state index contributed by atoms with van der Waals surface area (Å²) in [6.45, 7) is 3.63. The smallest absolute Gasteiger partial charge is 0.134 e. The molecule has 3 nitrogen and oxygen atoms in total. The molecule has 2 aliphatic rings. The fourth-order valence-electron chi connectivity index (χ4n) is 3.33. The topological polar surface area (TPSA) is 23.6 Å². The molecule has 1 saturated carbocycles. The third kappa shape index (κ3) is 3.78. The number of hydrogen-bond donors (Lipinski definition) is 0. The molecule has 2 rings (SSSR count). The molecule has 3 heteroatoms. The molecule has 0 aromatic carbocycles. The molecule has 1 aliphatic carbocycles. The molecular weight excluding hydrogens is 212 g/mol. The van der Waals surface area contributed by atoms with E-state index in [0.717, 1.165) is 25.2 Å². The van der Waals surface area contributed by atoms with Crippen LogP contribution in [0, 0.1) is 5.92 Å². The summed E-state index contributed by atoms with van der Waals surface area (Å²) in [6, 6.07) is 0.566. The van der Waals surface area contributed by atoms with Crippen LogP contribution < -0.4 is 0 Å². The lowest BCUT2D eigenvalue weighted by atomic mass is 9.89. The van der Waals surface area contributed by atoms with Crippen molar-refractivity contribution in [3.05, 3.63) is 0 Å². The normalized spacial score (nSPS) is 28.9. The standard InChI is InChI=1S/C14H26N2O/c1-15(2)11-12-6-8-16(9-7-12)13-4-3-5-14(17)10-13/h12-13H,3-11H2,1-2H3/t13-/m1/s1. The number of carbonyl (C=O) groups is 1. The van der Waals surface area contributed by atoms with Crippen molar-refractivity contribution in [1.82, 2.24) is 9.80 Å². The molecule has 2 fully saturated rings. The molecule has 0 amide bonds. The summed E-state index contributed by atoms with van der Waals surface area (Å²) in [5.41, 5.74) is 0. The second kappa shape index (κ2) is 5.96. The van der Waals surface area contributed by atoms with E-state index in [1.54, 1.807) is 0 Å². The van der Waals surface area contributed by atoms with Crippen LogP contribution in [0.5, 0.6) is 0 Å². The zero-order chi connectivity index (χ0) is 12.3. The maximum absolute atomic E-state index is 11.5. The van der Waals surface area contributed by atoms with E-state index in [9.17, 15) is 4.79 Å². The molecule has 0 bridgehead atoms. The van der Waals surface area contributed by atoms with Gasteiger partial charge in [0.15, 0.2) is 0 Å². The molecule has 17 heavy (non-hydrogen) atoms. The molecule has 0 radical (unpaired) electrons. The van der Waals surface area contributed by atoms with E-state index in [1.165, 1.54) is 38.9 Å². The molecule has 0 aromatic rings. The first-order valence-electron chi connectivity index (χ1n) is 7.05. The van der Waals surface area contributed by atoms with E-state index in [0.29, 0.717) is 11.8 Å². The van der Waals surface area contributed by atoms with Crippen LogP contribution in [0.4, 0.5) is 0 Å². The fraction of sp³-hybridized carbons (Fsp3) is 0.929. The molecular formula is C14H26N2O. The number of hydrogen-bond acceptors (Lipinski definition) is 3. The number of Topliss-reactive ketones (excluding diaryl/α,β-unsaturated/α-hetero) is 1. The number of carbonyl (C=O) groups excluding carboxylic acids is 1. The number of nitrogens with zero attached hydrogens (tertiary/aromatic N) is 2. The van der Waals surface area contributed by atoms with Gasteiger partial charge in [-0.05, 0) is 58.8 Å². The Morgan fingerprint density at radius 3 is 2.53 bits per heavy atom. The SMILES string of the molecule is CN(C)CC1CCN([C@@H]2CCCC(=O)C2)CC1. The first-order valence-corrected chi connectivity index (χ1v) is 7.05. The third-order valence-corrected chi connectivity index (χ3v) is 4.25. The Morgan fingerprint density at radius 1 is 1.24 bits per heavy atom. The van der Waals surface area contributed by atoms with Crippen molar-refractivity contribution in [2.45, 2.75) is 44.6 Å². The fourth-order valence-corrected chi connectivity index (χ4v) is 3.33. The lowest BCUT2D eigenvalue weighted by molar-refractivity contribution is -0.122. The van der Waals surface area contributed by atoms with E-state index in [4.69, 9.17) is 0 Å². The first kappa shape index (κ1) is 13.0. The van der Waals surface area contributed by atoms with Crippen molar-refractivity contribution in [2.24, 2.45) is 5.92 Å². The van der Waals surface area contributed by atoms with Gasteiger partial charge in [0.25, 0.3) is 0 Å². The van der Waals surface area contributed by atoms with Crippen molar-refractivity contribution in [2.75, 3.05) is 33.7 Å². The number of rotatable bonds is 3. The molecule has 0 aromatic heterocycles. The zero-order valence-corrected chi connectivity index (χ0v) is 11.3. The predicted octanol–water partition coefficient (Wildman–Crippen LogP) is 1.77. The van der Waals surface area contributed by atoms with E-state index in [1.807, 2.05) is 0 Å². The van der Waals surface area contributed by atoms with Gasteiger partial charge in [0.1, 0.15) is 5.78 Å². The maximum atomic E-state index is 11.5. The molecule has 0 unspecified atom stereocenters. The number of likely N-dealkylation sites (tertiary alicyclic amines) is 1. The lowest BCUT2D eigenvalue weighted by Crippen LogP contribution is -2.45. The van der Waals surface area contributed by atoms with Gasteiger partial charge in [0, 0.05) is 25.4 Å². The van der Waals surface area contributed by atoms with Crippen LogP contribution in [0.25, 0.3) is 0 Å². The summed E-state index contributed by atoms with van der Waals surface area (Å²) in [6.07, 6.45) is 6.61. The van der Waals surface area contributed by atoms with Gasteiger partial charge in [-0.2, -0.15) is 0 Å². The van der Waals surface area contributed by atoms with Crippen molar-refractivity contribution < 1.29 is 4.79 Å². The molecule has 1 saturated heterocycles. The summed E-state index contributed by atoms with van der Waals surface area (Å²) in [4.78, 5) is 16.4. The molecule has 98 valence electrons. The minimum Gasteiger partial charge on any atom is -0.309 e. The Labute approximate surface area is 105 Å². The molecule has 0 spiro atoms. The summed E-state index contributed by atoms with van der Waals surface area (Å²) >= 11 is 0. The highest BCUT2D eigenvalue weighted by atomic mass is 16.1. The number of ketones is 1. The van der Waals surface area contributed by atoms with Crippen LogP contribution >= 0.6 is 0 Å². The van der Waals surface area contributed by atoms with Crippen molar-refractivity contribution in [1.29, 1.82) is 0 Å². The van der Waals surface area contributed by atoms with E-state index >= 15 is 0 Å². The van der Waals surface area contributed by atoms with Gasteiger partial charge < -0.3 is 4.90 Å². The Balaban J connectivity index is 1.76. The second-order valence-corrected chi connectivity index (χ2v) is 6.03. The monoisotopic (exact) mass is 238 g/mol. The van der Waals surface area contributed by atoms with Crippen molar-refractivity contribution >= 4 is 5.78 Å². The second-order valence-electron chi connectivity index (χ2n) is 6.03. The highest BCUT2D eigenvalue weighted by Crippen LogP contribution is 2.25. The zero-order valence-electron chi connectivity index (χ0n) is 11.3. The quantitative estimate of drug-likeness (QED) is 0.748. The van der Waals surface area contributed by atoms with Gasteiger partial charge in [-0.15, -0.1) is 0 Å². The largest absolute Gasteiger partial charge is 0.309 e. The van der Waals surface area contributed by atoms with Gasteiger partial charge in [-0.25, -0.2) is 0 Å². The minimum atomic E-state index is 0.483. The Bertz CT molecular complexity index is 257. The average Bonchev–Trinajstić information content (AvgIpc) is 2.29. The predicted molar refractivity (Wildman–Crippen MR) is 70.1 cm³/mol. The Hall–Kier alpha value is -0.410. The van der Waals surface area contributed by atoms with Crippen LogP contribution in [-0.4, -0.2) is 55.4 Å². The van der Waals surface area contributed by atoms with Crippen LogP contribution in [0.15, 0.2) is 0 Å². The molecule has 1 atom stereocenters.